The van der Waals surface area contributed by atoms with E-state index in [2.05, 4.69) is 10.2 Å². The van der Waals surface area contributed by atoms with Crippen molar-refractivity contribution in [1.82, 2.24) is 14.8 Å². The van der Waals surface area contributed by atoms with Crippen LogP contribution in [-0.4, -0.2) is 32.2 Å². The normalized spacial score (nSPS) is 13.2. The zero-order chi connectivity index (χ0) is 9.84. The Morgan fingerprint density at radius 2 is 2.23 bits per heavy atom. The van der Waals surface area contributed by atoms with Gasteiger partial charge in [-0.2, -0.15) is 0 Å². The Bertz CT molecular complexity index is 274. The molecule has 74 valence electrons. The molecule has 1 atom stereocenters. The fraction of sp³-hybridized carbons (Fsp3) is 0.750. The summed E-state index contributed by atoms with van der Waals surface area (Å²) in [5, 5.41) is 17.7. The van der Waals surface area contributed by atoms with Crippen molar-refractivity contribution in [3.63, 3.8) is 0 Å². The van der Waals surface area contributed by atoms with Crippen molar-refractivity contribution in [3.05, 3.63) is 5.82 Å². The van der Waals surface area contributed by atoms with E-state index in [1.165, 1.54) is 0 Å². The van der Waals surface area contributed by atoms with Gasteiger partial charge in [0.25, 0.3) is 0 Å². The van der Waals surface area contributed by atoms with Crippen LogP contribution >= 0.6 is 11.8 Å². The molecule has 0 aliphatic rings. The second-order valence-electron chi connectivity index (χ2n) is 3.19. The highest BCUT2D eigenvalue weighted by Gasteiger charge is 2.07. The zero-order valence-electron chi connectivity index (χ0n) is 8.19. The molecule has 0 aromatic carbocycles. The van der Waals surface area contributed by atoms with E-state index >= 15 is 0 Å². The van der Waals surface area contributed by atoms with Crippen LogP contribution in [-0.2, 0) is 7.05 Å². The smallest absolute Gasteiger partial charge is 0.190 e. The summed E-state index contributed by atoms with van der Waals surface area (Å²) in [5.41, 5.74) is 0. The first-order chi connectivity index (χ1) is 6.15. The van der Waals surface area contributed by atoms with E-state index in [0.29, 0.717) is 5.92 Å². The van der Waals surface area contributed by atoms with Gasteiger partial charge in [0.1, 0.15) is 5.82 Å². The number of aryl methyl sites for hydroxylation is 1. The second kappa shape index (κ2) is 4.62. The van der Waals surface area contributed by atoms with Gasteiger partial charge < -0.3 is 9.67 Å². The molecule has 0 amide bonds. The van der Waals surface area contributed by atoms with Crippen molar-refractivity contribution in [1.29, 1.82) is 0 Å². The first-order valence-corrected chi connectivity index (χ1v) is 5.23. The number of aromatic nitrogens is 3. The largest absolute Gasteiger partial charge is 0.396 e. The van der Waals surface area contributed by atoms with Crippen molar-refractivity contribution >= 4 is 11.8 Å². The fourth-order valence-corrected chi connectivity index (χ4v) is 1.75. The number of aliphatic hydroxyl groups is 1. The molecule has 0 fully saturated rings. The Morgan fingerprint density at radius 1 is 1.54 bits per heavy atom. The summed E-state index contributed by atoms with van der Waals surface area (Å²) in [4.78, 5) is 0. The molecule has 1 heterocycles. The van der Waals surface area contributed by atoms with Crippen molar-refractivity contribution in [2.45, 2.75) is 19.0 Å². The minimum Gasteiger partial charge on any atom is -0.396 e. The van der Waals surface area contributed by atoms with Crippen molar-refractivity contribution in [2.75, 3.05) is 12.4 Å². The molecule has 0 aliphatic heterocycles. The van der Waals surface area contributed by atoms with E-state index < -0.39 is 0 Å². The maximum absolute atomic E-state index is 8.83. The Balaban J connectivity index is 2.50. The highest BCUT2D eigenvalue weighted by atomic mass is 32.2. The molecule has 0 bridgehead atoms. The van der Waals surface area contributed by atoms with Gasteiger partial charge in [-0.25, -0.2) is 0 Å². The lowest BCUT2D eigenvalue weighted by Gasteiger charge is -2.05. The summed E-state index contributed by atoms with van der Waals surface area (Å²) in [6.45, 7) is 4.16. The molecule has 0 saturated heterocycles. The van der Waals surface area contributed by atoms with Crippen molar-refractivity contribution < 1.29 is 5.11 Å². The summed E-state index contributed by atoms with van der Waals surface area (Å²) in [6.07, 6.45) is 0. The fourth-order valence-electron chi connectivity index (χ4n) is 0.783. The average molecular weight is 201 g/mol. The van der Waals surface area contributed by atoms with Crippen LogP contribution in [0.1, 0.15) is 12.7 Å². The third kappa shape index (κ3) is 2.70. The van der Waals surface area contributed by atoms with Gasteiger partial charge in [0.15, 0.2) is 5.16 Å². The molecule has 1 unspecified atom stereocenters. The van der Waals surface area contributed by atoms with E-state index in [9.17, 15) is 0 Å². The maximum atomic E-state index is 8.83. The van der Waals surface area contributed by atoms with E-state index in [4.69, 9.17) is 5.11 Å². The summed E-state index contributed by atoms with van der Waals surface area (Å²) in [5.74, 6) is 2.10. The first-order valence-electron chi connectivity index (χ1n) is 4.24. The van der Waals surface area contributed by atoms with Gasteiger partial charge in [-0.05, 0) is 12.8 Å². The molecule has 0 radical (unpaired) electrons. The quantitative estimate of drug-likeness (QED) is 0.734. The third-order valence-electron chi connectivity index (χ3n) is 1.86. The Morgan fingerprint density at radius 3 is 2.69 bits per heavy atom. The van der Waals surface area contributed by atoms with Crippen LogP contribution in [0.25, 0.3) is 0 Å². The highest BCUT2D eigenvalue weighted by Crippen LogP contribution is 2.17. The molecule has 1 aromatic heterocycles. The van der Waals surface area contributed by atoms with Crippen molar-refractivity contribution in [2.24, 2.45) is 13.0 Å². The van der Waals surface area contributed by atoms with Crippen molar-refractivity contribution in [3.8, 4) is 0 Å². The number of hydrogen-bond donors (Lipinski definition) is 1. The zero-order valence-corrected chi connectivity index (χ0v) is 9.01. The second-order valence-corrected chi connectivity index (χ2v) is 4.17. The van der Waals surface area contributed by atoms with E-state index in [-0.39, 0.29) is 6.61 Å². The monoisotopic (exact) mass is 201 g/mol. The lowest BCUT2D eigenvalue weighted by molar-refractivity contribution is 0.250. The van der Waals surface area contributed by atoms with Gasteiger partial charge in [0.05, 0.1) is 0 Å². The van der Waals surface area contributed by atoms with Crippen LogP contribution in [0.2, 0.25) is 0 Å². The molecule has 0 saturated carbocycles. The number of aliphatic hydroxyl groups excluding tert-OH is 1. The van der Waals surface area contributed by atoms with E-state index in [1.807, 2.05) is 25.5 Å². The lowest BCUT2D eigenvalue weighted by atomic mass is 10.2. The molecule has 5 heteroatoms. The number of rotatable bonds is 4. The van der Waals surface area contributed by atoms with Crippen LogP contribution < -0.4 is 0 Å². The molecule has 13 heavy (non-hydrogen) atoms. The van der Waals surface area contributed by atoms with Gasteiger partial charge in [0, 0.05) is 19.4 Å². The minimum absolute atomic E-state index is 0.226. The number of thioether (sulfide) groups is 1. The molecule has 1 aromatic rings. The predicted molar refractivity (Wildman–Crippen MR) is 52.7 cm³/mol. The summed E-state index contributed by atoms with van der Waals surface area (Å²) < 4.78 is 1.95. The number of hydrogen-bond acceptors (Lipinski definition) is 4. The first kappa shape index (κ1) is 10.5. The third-order valence-corrected chi connectivity index (χ3v) is 3.21. The maximum Gasteiger partial charge on any atom is 0.190 e. The minimum atomic E-state index is 0.226. The molecular weight excluding hydrogens is 186 g/mol. The summed E-state index contributed by atoms with van der Waals surface area (Å²) in [7, 11) is 1.95. The van der Waals surface area contributed by atoms with Crippen LogP contribution in [0.15, 0.2) is 5.16 Å². The summed E-state index contributed by atoms with van der Waals surface area (Å²) >= 11 is 1.63. The summed E-state index contributed by atoms with van der Waals surface area (Å²) in [6, 6.07) is 0. The Labute approximate surface area is 82.4 Å². The average Bonchev–Trinajstić information content (AvgIpc) is 2.44. The predicted octanol–water partition coefficient (Wildman–Crippen LogP) is 0.844. The van der Waals surface area contributed by atoms with E-state index in [0.717, 1.165) is 16.7 Å². The topological polar surface area (TPSA) is 50.9 Å². The van der Waals surface area contributed by atoms with Crippen LogP contribution in [0.4, 0.5) is 0 Å². The van der Waals surface area contributed by atoms with Gasteiger partial charge in [-0.1, -0.05) is 18.7 Å². The Kier molecular flexibility index (Phi) is 3.74. The van der Waals surface area contributed by atoms with Crippen LogP contribution in [0.5, 0.6) is 0 Å². The standard InChI is InChI=1S/C8H15N3OS/c1-6(4-12)5-13-8-10-9-7(2)11(8)3/h6,12H,4-5H2,1-3H3. The molecular formula is C8H15N3OS. The van der Waals surface area contributed by atoms with Crippen LogP contribution in [0.3, 0.4) is 0 Å². The Hall–Kier alpha value is -0.550. The van der Waals surface area contributed by atoms with Gasteiger partial charge in [-0.15, -0.1) is 10.2 Å². The molecule has 1 N–H and O–H groups in total. The molecule has 1 rings (SSSR count). The molecule has 4 nitrogen and oxygen atoms in total. The number of nitrogens with zero attached hydrogens (tertiary/aromatic N) is 3. The van der Waals surface area contributed by atoms with Gasteiger partial charge >= 0.3 is 0 Å². The van der Waals surface area contributed by atoms with Crippen LogP contribution in [0, 0.1) is 12.8 Å². The van der Waals surface area contributed by atoms with E-state index in [1.54, 1.807) is 11.8 Å². The molecule has 0 aliphatic carbocycles. The highest BCUT2D eigenvalue weighted by molar-refractivity contribution is 7.99. The van der Waals surface area contributed by atoms with Gasteiger partial charge in [0.2, 0.25) is 0 Å². The SMILES string of the molecule is Cc1nnc(SCC(C)CO)n1C. The van der Waals surface area contributed by atoms with Gasteiger partial charge in [-0.3, -0.25) is 0 Å². The lowest BCUT2D eigenvalue weighted by Crippen LogP contribution is -2.04. The molecule has 0 spiro atoms.